The van der Waals surface area contributed by atoms with Crippen LogP contribution >= 0.6 is 0 Å². The van der Waals surface area contributed by atoms with Crippen molar-refractivity contribution in [1.82, 2.24) is 0 Å². The second-order valence-electron chi connectivity index (χ2n) is 13.9. The molecule has 4 aromatic rings. The van der Waals surface area contributed by atoms with Gasteiger partial charge in [-0.2, -0.15) is 0 Å². The molecule has 0 fully saturated rings. The smallest absolute Gasteiger partial charge is 0.125 e. The molecule has 4 rings (SSSR count). The van der Waals surface area contributed by atoms with Crippen LogP contribution in [0, 0.1) is 22.9 Å². The minimum absolute atomic E-state index is 0.624. The van der Waals surface area contributed by atoms with Gasteiger partial charge in [-0.25, -0.2) is 0 Å². The topological polar surface area (TPSA) is 0 Å². The maximum atomic E-state index is 3.97. The van der Waals surface area contributed by atoms with Crippen LogP contribution in [-0.4, -0.2) is 16.1 Å². The summed E-state index contributed by atoms with van der Waals surface area (Å²) in [6, 6.07) is 18.3. The Morgan fingerprint density at radius 2 is 0.675 bits per heavy atom. The molecule has 0 atom stereocenters. The first-order valence-corrected chi connectivity index (χ1v) is 20.0. The van der Waals surface area contributed by atoms with Gasteiger partial charge in [0.2, 0.25) is 0 Å². The molecule has 4 aromatic carbocycles. The normalized spacial score (nSPS) is 12.9. The van der Waals surface area contributed by atoms with Gasteiger partial charge in [0.1, 0.15) is 16.1 Å². The fourth-order valence-corrected chi connectivity index (χ4v) is 18.7. The summed E-state index contributed by atoms with van der Waals surface area (Å²) in [5.41, 5.74) is 14.0. The van der Waals surface area contributed by atoms with Crippen molar-refractivity contribution < 1.29 is 0 Å². The lowest BCUT2D eigenvalue weighted by molar-refractivity contribution is 0.838. The van der Waals surface area contributed by atoms with Crippen LogP contribution < -0.4 is 0 Å². The van der Waals surface area contributed by atoms with Crippen LogP contribution in [0.15, 0.2) is 48.5 Å². The Balaban J connectivity index is 1.98. The van der Waals surface area contributed by atoms with Gasteiger partial charge in [-0.1, -0.05) is 131 Å². The van der Waals surface area contributed by atoms with Crippen molar-refractivity contribution in [3.8, 4) is 22.9 Å². The number of hydrogen-bond acceptors (Lipinski definition) is 0. The van der Waals surface area contributed by atoms with Gasteiger partial charge in [-0.3, -0.25) is 0 Å². The summed E-state index contributed by atoms with van der Waals surface area (Å²) < 4.78 is 0. The van der Waals surface area contributed by atoms with Gasteiger partial charge in [0.15, 0.2) is 0 Å². The largest absolute Gasteiger partial charge is 0.146 e. The van der Waals surface area contributed by atoms with E-state index in [1.54, 1.807) is 0 Å². The zero-order valence-corrected chi connectivity index (χ0v) is 29.1. The van der Waals surface area contributed by atoms with Crippen LogP contribution in [0.25, 0.3) is 32.3 Å². The SMILES string of the molecule is CC(C)[Si](C#Cc1ccc2ccc3c(C#C[Si](C(C)C)(C(C)C)C(C)C)ccc4ccc1c2c43)(C(C)C)C(C)C. The first kappa shape index (κ1) is 30.4. The van der Waals surface area contributed by atoms with Crippen LogP contribution in [0.3, 0.4) is 0 Å². The van der Waals surface area contributed by atoms with Gasteiger partial charge >= 0.3 is 0 Å². The van der Waals surface area contributed by atoms with Crippen molar-refractivity contribution in [3.05, 3.63) is 59.7 Å². The monoisotopic (exact) mass is 562 g/mol. The standard InChI is InChI=1S/C38H50Si2/c1-25(2)39(26(3)4,27(5)6)23-21-31-13-15-33-18-20-36-32(14-16-34-17-19-35(31)37(33)38(34)36)22-24-40(28(7)8,29(9)10)30(11)12/h13-20,25-30H,1-12H3. The molecule has 0 spiro atoms. The van der Waals surface area contributed by atoms with E-state index in [2.05, 4.69) is 155 Å². The number of benzene rings is 4. The zero-order chi connectivity index (χ0) is 29.6. The van der Waals surface area contributed by atoms with E-state index in [-0.39, 0.29) is 0 Å². The van der Waals surface area contributed by atoms with Crippen LogP contribution in [0.5, 0.6) is 0 Å². The van der Waals surface area contributed by atoms with Crippen molar-refractivity contribution >= 4 is 48.5 Å². The second-order valence-corrected chi connectivity index (χ2v) is 25.1. The Kier molecular flexibility index (Phi) is 8.67. The van der Waals surface area contributed by atoms with Crippen LogP contribution in [0.4, 0.5) is 0 Å². The lowest BCUT2D eigenvalue weighted by Gasteiger charge is -2.38. The molecule has 0 nitrogen and oxygen atoms in total. The minimum Gasteiger partial charge on any atom is -0.125 e. The van der Waals surface area contributed by atoms with E-state index in [4.69, 9.17) is 0 Å². The third-order valence-electron chi connectivity index (χ3n) is 10.2. The highest BCUT2D eigenvalue weighted by atomic mass is 28.3. The molecular formula is C38H50Si2. The van der Waals surface area contributed by atoms with E-state index in [1.165, 1.54) is 43.4 Å². The van der Waals surface area contributed by atoms with Crippen LogP contribution in [0.1, 0.15) is 94.2 Å². The molecule has 0 unspecified atom stereocenters. The first-order chi connectivity index (χ1) is 18.8. The molecule has 0 amide bonds. The molecule has 0 radical (unpaired) electrons. The molecule has 40 heavy (non-hydrogen) atoms. The lowest BCUT2D eigenvalue weighted by atomic mass is 9.90. The molecule has 2 heteroatoms. The van der Waals surface area contributed by atoms with E-state index in [1.807, 2.05) is 0 Å². The van der Waals surface area contributed by atoms with E-state index in [0.717, 1.165) is 0 Å². The molecule has 0 aliphatic rings. The highest BCUT2D eigenvalue weighted by molar-refractivity contribution is 6.91. The third kappa shape index (κ3) is 4.83. The average Bonchev–Trinajstić information content (AvgIpc) is 2.87. The van der Waals surface area contributed by atoms with Crippen LogP contribution in [-0.2, 0) is 0 Å². The fraction of sp³-hybridized carbons (Fsp3) is 0.474. The zero-order valence-electron chi connectivity index (χ0n) is 27.1. The molecule has 210 valence electrons. The predicted octanol–water partition coefficient (Wildman–Crippen LogP) is 11.7. The maximum Gasteiger partial charge on any atom is 0.146 e. The highest BCUT2D eigenvalue weighted by Gasteiger charge is 2.42. The molecular weight excluding hydrogens is 513 g/mol. The van der Waals surface area contributed by atoms with Gasteiger partial charge in [-0.05, 0) is 77.7 Å². The Morgan fingerprint density at radius 3 is 0.950 bits per heavy atom. The van der Waals surface area contributed by atoms with E-state index < -0.39 is 16.1 Å². The molecule has 0 aliphatic carbocycles. The molecule has 0 heterocycles. The molecule has 0 saturated carbocycles. The van der Waals surface area contributed by atoms with Gasteiger partial charge in [0.05, 0.1) is 0 Å². The van der Waals surface area contributed by atoms with E-state index in [9.17, 15) is 0 Å². The fourth-order valence-electron chi connectivity index (χ4n) is 8.24. The third-order valence-corrected chi connectivity index (χ3v) is 22.8. The maximum absolute atomic E-state index is 3.97. The summed E-state index contributed by atoms with van der Waals surface area (Å²) in [6.07, 6.45) is 0. The molecule has 0 saturated heterocycles. The van der Waals surface area contributed by atoms with Crippen LogP contribution in [0.2, 0.25) is 33.2 Å². The Labute approximate surface area is 246 Å². The Hall–Kier alpha value is -2.53. The summed E-state index contributed by atoms with van der Waals surface area (Å²) in [5, 5.41) is 7.83. The average molecular weight is 563 g/mol. The summed E-state index contributed by atoms with van der Waals surface area (Å²) in [6.45, 7) is 28.7. The summed E-state index contributed by atoms with van der Waals surface area (Å²) in [4.78, 5) is 0. The molecule has 0 bridgehead atoms. The quantitative estimate of drug-likeness (QED) is 0.124. The summed E-state index contributed by atoms with van der Waals surface area (Å²) in [7, 11) is -3.63. The predicted molar refractivity (Wildman–Crippen MR) is 186 cm³/mol. The minimum atomic E-state index is -1.82. The summed E-state index contributed by atoms with van der Waals surface area (Å²) in [5.74, 6) is 7.54. The molecule has 0 aliphatic heterocycles. The highest BCUT2D eigenvalue weighted by Crippen LogP contribution is 2.43. The summed E-state index contributed by atoms with van der Waals surface area (Å²) >= 11 is 0. The lowest BCUT2D eigenvalue weighted by Crippen LogP contribution is -2.43. The van der Waals surface area contributed by atoms with Crippen molar-refractivity contribution in [2.45, 2.75) is 116 Å². The van der Waals surface area contributed by atoms with E-state index >= 15 is 0 Å². The Bertz CT molecular complexity index is 1460. The van der Waals surface area contributed by atoms with Gasteiger partial charge in [0.25, 0.3) is 0 Å². The molecule has 0 aromatic heterocycles. The molecule has 0 N–H and O–H groups in total. The first-order valence-electron chi connectivity index (χ1n) is 15.6. The second kappa shape index (κ2) is 11.4. The Morgan fingerprint density at radius 1 is 0.400 bits per heavy atom. The number of rotatable bonds is 6. The van der Waals surface area contributed by atoms with Crippen molar-refractivity contribution in [3.63, 3.8) is 0 Å². The van der Waals surface area contributed by atoms with Crippen molar-refractivity contribution in [2.75, 3.05) is 0 Å². The van der Waals surface area contributed by atoms with Gasteiger partial charge in [0, 0.05) is 11.1 Å². The number of hydrogen-bond donors (Lipinski definition) is 0. The van der Waals surface area contributed by atoms with Gasteiger partial charge in [-0.15, -0.1) is 11.1 Å². The van der Waals surface area contributed by atoms with Gasteiger partial charge < -0.3 is 0 Å². The van der Waals surface area contributed by atoms with E-state index in [0.29, 0.717) is 33.2 Å². The van der Waals surface area contributed by atoms with Crippen molar-refractivity contribution in [1.29, 1.82) is 0 Å². The van der Waals surface area contributed by atoms with Crippen molar-refractivity contribution in [2.24, 2.45) is 0 Å².